The normalized spacial score (nSPS) is 19.8. The van der Waals surface area contributed by atoms with E-state index in [1.165, 1.54) is 0 Å². The van der Waals surface area contributed by atoms with Gasteiger partial charge in [0, 0.05) is 18.6 Å². The molecule has 0 saturated carbocycles. The largest absolute Gasteiger partial charge is 0.479 e. The molecule has 0 bridgehead atoms. The number of amides is 1. The van der Waals surface area contributed by atoms with Crippen molar-refractivity contribution in [1.29, 1.82) is 0 Å². The zero-order chi connectivity index (χ0) is 15.3. The Hall–Kier alpha value is -1.62. The van der Waals surface area contributed by atoms with Crippen LogP contribution in [0, 0.1) is 0 Å². The van der Waals surface area contributed by atoms with Crippen molar-refractivity contribution in [1.82, 2.24) is 15.6 Å². The molecule has 5 heteroatoms. The molecule has 116 valence electrons. The van der Waals surface area contributed by atoms with E-state index in [0.29, 0.717) is 12.3 Å². The summed E-state index contributed by atoms with van der Waals surface area (Å²) in [5.41, 5.74) is 1.03. The summed E-state index contributed by atoms with van der Waals surface area (Å²) >= 11 is 0. The molecule has 2 N–H and O–H groups in total. The Morgan fingerprint density at radius 2 is 2.19 bits per heavy atom. The number of aromatic nitrogens is 1. The Balaban J connectivity index is 1.91. The summed E-state index contributed by atoms with van der Waals surface area (Å²) in [4.78, 5) is 16.2. The molecule has 5 nitrogen and oxygen atoms in total. The number of hydrogen-bond donors (Lipinski definition) is 2. The van der Waals surface area contributed by atoms with Gasteiger partial charge in [0.25, 0.3) is 5.91 Å². The molecular weight excluding hydrogens is 266 g/mol. The van der Waals surface area contributed by atoms with Crippen LogP contribution in [0.5, 0.6) is 5.75 Å². The van der Waals surface area contributed by atoms with E-state index in [-0.39, 0.29) is 11.4 Å². The van der Waals surface area contributed by atoms with Gasteiger partial charge in [-0.15, -0.1) is 0 Å². The maximum Gasteiger partial charge on any atom is 0.261 e. The molecule has 1 unspecified atom stereocenters. The number of rotatable bonds is 4. The molecule has 1 aromatic rings. The summed E-state index contributed by atoms with van der Waals surface area (Å²) in [7, 11) is 0. The first-order valence-corrected chi connectivity index (χ1v) is 7.58. The SMILES string of the molecule is CC(C)(C)NCc1ccc(OC2CCCCNC2=O)cn1. The molecule has 1 saturated heterocycles. The summed E-state index contributed by atoms with van der Waals surface area (Å²) < 4.78 is 5.75. The number of hydrogen-bond acceptors (Lipinski definition) is 4. The van der Waals surface area contributed by atoms with Crippen molar-refractivity contribution in [3.63, 3.8) is 0 Å². The van der Waals surface area contributed by atoms with E-state index in [9.17, 15) is 4.79 Å². The van der Waals surface area contributed by atoms with Crippen LogP contribution in [0.3, 0.4) is 0 Å². The molecule has 1 aliphatic heterocycles. The molecule has 0 radical (unpaired) electrons. The first-order valence-electron chi connectivity index (χ1n) is 7.58. The third kappa shape index (κ3) is 5.34. The van der Waals surface area contributed by atoms with Crippen LogP contribution in [0.15, 0.2) is 18.3 Å². The topological polar surface area (TPSA) is 63.2 Å². The lowest BCUT2D eigenvalue weighted by atomic mass is 10.1. The average Bonchev–Trinajstić information content (AvgIpc) is 2.63. The Bertz CT molecular complexity index is 465. The minimum atomic E-state index is -0.396. The van der Waals surface area contributed by atoms with Crippen LogP contribution in [0.25, 0.3) is 0 Å². The van der Waals surface area contributed by atoms with Crippen LogP contribution in [-0.2, 0) is 11.3 Å². The van der Waals surface area contributed by atoms with Gasteiger partial charge in [0.15, 0.2) is 6.10 Å². The smallest absolute Gasteiger partial charge is 0.261 e. The number of nitrogens with zero attached hydrogens (tertiary/aromatic N) is 1. The van der Waals surface area contributed by atoms with E-state index in [1.807, 2.05) is 12.1 Å². The maximum atomic E-state index is 11.8. The standard InChI is InChI=1S/C16H25N3O2/c1-16(2,3)19-10-12-7-8-13(11-18-12)21-14-6-4-5-9-17-15(14)20/h7-8,11,14,19H,4-6,9-10H2,1-3H3,(H,17,20). The third-order valence-corrected chi connectivity index (χ3v) is 3.36. The number of pyridine rings is 1. The predicted molar refractivity (Wildman–Crippen MR) is 82.1 cm³/mol. The summed E-state index contributed by atoms with van der Waals surface area (Å²) in [6.07, 6.45) is 4.08. The zero-order valence-corrected chi connectivity index (χ0v) is 13.1. The fraction of sp³-hybridized carbons (Fsp3) is 0.625. The van der Waals surface area contributed by atoms with Gasteiger partial charge in [0.1, 0.15) is 5.75 Å². The van der Waals surface area contributed by atoms with Gasteiger partial charge in [-0.3, -0.25) is 9.78 Å². The van der Waals surface area contributed by atoms with Crippen molar-refractivity contribution in [2.24, 2.45) is 0 Å². The van der Waals surface area contributed by atoms with E-state index in [1.54, 1.807) is 6.20 Å². The minimum Gasteiger partial charge on any atom is -0.479 e. The van der Waals surface area contributed by atoms with Gasteiger partial charge in [-0.1, -0.05) is 0 Å². The monoisotopic (exact) mass is 291 g/mol. The summed E-state index contributed by atoms with van der Waals surface area (Å²) in [6.45, 7) is 7.82. The quantitative estimate of drug-likeness (QED) is 0.891. The highest BCUT2D eigenvalue weighted by atomic mass is 16.5. The molecule has 1 atom stereocenters. The molecule has 1 amide bonds. The summed E-state index contributed by atoms with van der Waals surface area (Å²) in [5.74, 6) is 0.627. The number of nitrogens with one attached hydrogen (secondary N) is 2. The fourth-order valence-electron chi connectivity index (χ4n) is 2.13. The second kappa shape index (κ2) is 6.89. The van der Waals surface area contributed by atoms with E-state index >= 15 is 0 Å². The molecule has 2 heterocycles. The Labute approximate surface area is 126 Å². The maximum absolute atomic E-state index is 11.8. The first kappa shape index (κ1) is 15.8. The summed E-state index contributed by atoms with van der Waals surface area (Å²) in [5, 5.41) is 6.26. The van der Waals surface area contributed by atoms with Gasteiger partial charge >= 0.3 is 0 Å². The molecule has 1 aliphatic rings. The van der Waals surface area contributed by atoms with Crippen LogP contribution < -0.4 is 15.4 Å². The lowest BCUT2D eigenvalue weighted by Crippen LogP contribution is -2.36. The van der Waals surface area contributed by atoms with Gasteiger partial charge in [0.2, 0.25) is 0 Å². The molecule has 0 aliphatic carbocycles. The van der Waals surface area contributed by atoms with Crippen LogP contribution in [0.2, 0.25) is 0 Å². The van der Waals surface area contributed by atoms with Gasteiger partial charge in [-0.25, -0.2) is 0 Å². The predicted octanol–water partition coefficient (Wildman–Crippen LogP) is 2.02. The number of ether oxygens (including phenoxy) is 1. The van der Waals surface area contributed by atoms with Gasteiger partial charge in [-0.2, -0.15) is 0 Å². The van der Waals surface area contributed by atoms with Gasteiger partial charge in [0.05, 0.1) is 11.9 Å². The first-order chi connectivity index (χ1) is 9.94. The van der Waals surface area contributed by atoms with Gasteiger partial charge in [-0.05, 0) is 52.2 Å². The molecule has 1 aromatic heterocycles. The van der Waals surface area contributed by atoms with E-state index in [2.05, 4.69) is 36.4 Å². The van der Waals surface area contributed by atoms with Crippen LogP contribution in [0.1, 0.15) is 45.7 Å². The molecule has 1 fully saturated rings. The van der Waals surface area contributed by atoms with Crippen LogP contribution in [-0.4, -0.2) is 29.1 Å². The highest BCUT2D eigenvalue weighted by Gasteiger charge is 2.22. The second-order valence-electron chi connectivity index (χ2n) is 6.48. The molecule has 0 aromatic carbocycles. The Morgan fingerprint density at radius 1 is 1.38 bits per heavy atom. The highest BCUT2D eigenvalue weighted by Crippen LogP contribution is 2.16. The van der Waals surface area contributed by atoms with Crippen molar-refractivity contribution in [2.75, 3.05) is 6.54 Å². The van der Waals surface area contributed by atoms with E-state index < -0.39 is 6.10 Å². The Kier molecular flexibility index (Phi) is 5.17. The van der Waals surface area contributed by atoms with Gasteiger partial charge < -0.3 is 15.4 Å². The van der Waals surface area contributed by atoms with Crippen LogP contribution in [0.4, 0.5) is 0 Å². The fourth-order valence-corrected chi connectivity index (χ4v) is 2.13. The van der Waals surface area contributed by atoms with Crippen molar-refractivity contribution in [2.45, 2.75) is 58.2 Å². The second-order valence-corrected chi connectivity index (χ2v) is 6.48. The molecule has 2 rings (SSSR count). The average molecular weight is 291 g/mol. The van der Waals surface area contributed by atoms with Crippen molar-refractivity contribution >= 4 is 5.91 Å². The van der Waals surface area contributed by atoms with E-state index in [4.69, 9.17) is 4.74 Å². The molecule has 0 spiro atoms. The highest BCUT2D eigenvalue weighted by molar-refractivity contribution is 5.81. The summed E-state index contributed by atoms with van der Waals surface area (Å²) in [6, 6.07) is 3.81. The number of carbonyl (C=O) groups is 1. The van der Waals surface area contributed by atoms with Crippen molar-refractivity contribution < 1.29 is 9.53 Å². The van der Waals surface area contributed by atoms with Crippen molar-refractivity contribution in [3.05, 3.63) is 24.0 Å². The minimum absolute atomic E-state index is 0.0222. The lowest BCUT2D eigenvalue weighted by Gasteiger charge is -2.20. The molecule has 21 heavy (non-hydrogen) atoms. The molecular formula is C16H25N3O2. The lowest BCUT2D eigenvalue weighted by molar-refractivity contribution is -0.127. The third-order valence-electron chi connectivity index (χ3n) is 3.36. The van der Waals surface area contributed by atoms with Crippen LogP contribution >= 0.6 is 0 Å². The Morgan fingerprint density at radius 3 is 2.86 bits per heavy atom. The number of carbonyl (C=O) groups excluding carboxylic acids is 1. The zero-order valence-electron chi connectivity index (χ0n) is 13.1. The van der Waals surface area contributed by atoms with E-state index in [0.717, 1.165) is 31.5 Å². The van der Waals surface area contributed by atoms with Crippen molar-refractivity contribution in [3.8, 4) is 5.75 Å².